The number of fused-ring (bicyclic) bond motifs is 1. The molecule has 1 heterocycles. The summed E-state index contributed by atoms with van der Waals surface area (Å²) in [6, 6.07) is 0.183. The molecule has 0 aromatic rings. The third kappa shape index (κ3) is 4.99. The zero-order valence-corrected chi connectivity index (χ0v) is 13.4. The quantitative estimate of drug-likeness (QED) is 0.835. The lowest BCUT2D eigenvalue weighted by Crippen LogP contribution is -2.52. The number of nitrogens with zero attached hydrogens (tertiary/aromatic N) is 1. The molecule has 1 saturated heterocycles. The highest BCUT2D eigenvalue weighted by molar-refractivity contribution is 5.95. The van der Waals surface area contributed by atoms with Crippen LogP contribution in [-0.2, 0) is 4.79 Å². The zero-order chi connectivity index (χ0) is 15.2. The van der Waals surface area contributed by atoms with Gasteiger partial charge >= 0.3 is 6.03 Å². The van der Waals surface area contributed by atoms with Gasteiger partial charge in [-0.15, -0.1) is 0 Å². The summed E-state index contributed by atoms with van der Waals surface area (Å²) in [6.45, 7) is 5.99. The van der Waals surface area contributed by atoms with Gasteiger partial charge in [-0.05, 0) is 44.1 Å². The first-order chi connectivity index (χ1) is 10.1. The van der Waals surface area contributed by atoms with Crippen LogP contribution in [-0.4, -0.2) is 42.5 Å². The number of carbonyl (C=O) groups excluding carboxylic acids is 2. The van der Waals surface area contributed by atoms with Gasteiger partial charge in [-0.3, -0.25) is 15.0 Å². The van der Waals surface area contributed by atoms with E-state index in [-0.39, 0.29) is 11.9 Å². The Morgan fingerprint density at radius 2 is 1.86 bits per heavy atom. The normalized spacial score (nSPS) is 26.2. The third-order valence-electron chi connectivity index (χ3n) is 4.63. The minimum absolute atomic E-state index is 0.178. The van der Waals surface area contributed by atoms with Crippen LogP contribution in [0.1, 0.15) is 52.4 Å². The number of amides is 3. The van der Waals surface area contributed by atoms with Gasteiger partial charge in [-0.1, -0.05) is 26.7 Å². The number of rotatable bonds is 4. The molecule has 0 bridgehead atoms. The van der Waals surface area contributed by atoms with Crippen LogP contribution in [0.2, 0.25) is 0 Å². The van der Waals surface area contributed by atoms with Crippen LogP contribution in [0.4, 0.5) is 4.79 Å². The molecule has 2 fully saturated rings. The fraction of sp³-hybridized carbons (Fsp3) is 0.875. The van der Waals surface area contributed by atoms with Crippen molar-refractivity contribution in [2.75, 3.05) is 19.6 Å². The Hall–Kier alpha value is -1.10. The molecule has 2 rings (SSSR count). The molecule has 120 valence electrons. The molecule has 1 aliphatic carbocycles. The Balaban J connectivity index is 1.77. The van der Waals surface area contributed by atoms with Gasteiger partial charge < -0.3 is 5.32 Å². The maximum atomic E-state index is 12.0. The molecule has 3 amide bonds. The zero-order valence-electron chi connectivity index (χ0n) is 13.4. The molecule has 0 radical (unpaired) electrons. The van der Waals surface area contributed by atoms with E-state index >= 15 is 0 Å². The summed E-state index contributed by atoms with van der Waals surface area (Å²) in [5.74, 6) is 0.966. The van der Waals surface area contributed by atoms with Crippen LogP contribution in [0.3, 0.4) is 0 Å². The standard InChI is InChI=1S/C16H29N3O2/c1-12(2)10-17-16(21)18-15(20)11-19-9-5-7-13-6-3-4-8-14(13)19/h12-14H,3-11H2,1-2H3,(H2,17,18,20,21). The Bertz CT molecular complexity index is 369. The van der Waals surface area contributed by atoms with Gasteiger partial charge in [0, 0.05) is 12.6 Å². The molecule has 5 nitrogen and oxygen atoms in total. The van der Waals surface area contributed by atoms with E-state index in [0.717, 1.165) is 12.5 Å². The number of hydrogen-bond donors (Lipinski definition) is 2. The number of carbonyl (C=O) groups is 2. The number of imide groups is 1. The van der Waals surface area contributed by atoms with E-state index in [1.165, 1.54) is 38.5 Å². The molecule has 1 aliphatic heterocycles. The SMILES string of the molecule is CC(C)CNC(=O)NC(=O)CN1CCCC2CCCCC21. The first-order valence-electron chi connectivity index (χ1n) is 8.38. The number of urea groups is 1. The van der Waals surface area contributed by atoms with Crippen molar-refractivity contribution in [3.8, 4) is 0 Å². The minimum Gasteiger partial charge on any atom is -0.338 e. The summed E-state index contributed by atoms with van der Waals surface area (Å²) < 4.78 is 0. The molecule has 0 aromatic heterocycles. The van der Waals surface area contributed by atoms with Crippen LogP contribution in [0, 0.1) is 11.8 Å². The van der Waals surface area contributed by atoms with Crippen molar-refractivity contribution in [3.63, 3.8) is 0 Å². The molecular formula is C16H29N3O2. The lowest BCUT2D eigenvalue weighted by Gasteiger charge is -2.43. The molecular weight excluding hydrogens is 266 g/mol. The highest BCUT2D eigenvalue weighted by Crippen LogP contribution is 2.34. The molecule has 2 N–H and O–H groups in total. The van der Waals surface area contributed by atoms with Gasteiger partial charge in [-0.25, -0.2) is 4.79 Å². The Morgan fingerprint density at radius 3 is 2.62 bits per heavy atom. The van der Waals surface area contributed by atoms with E-state index in [4.69, 9.17) is 0 Å². The smallest absolute Gasteiger partial charge is 0.321 e. The van der Waals surface area contributed by atoms with Crippen molar-refractivity contribution in [1.82, 2.24) is 15.5 Å². The molecule has 5 heteroatoms. The molecule has 21 heavy (non-hydrogen) atoms. The average Bonchev–Trinajstić information content (AvgIpc) is 2.45. The second-order valence-corrected chi connectivity index (χ2v) is 6.88. The largest absolute Gasteiger partial charge is 0.338 e. The predicted octanol–water partition coefficient (Wildman–Crippen LogP) is 2.12. The van der Waals surface area contributed by atoms with Gasteiger partial charge in [0.1, 0.15) is 0 Å². The van der Waals surface area contributed by atoms with Gasteiger partial charge in [-0.2, -0.15) is 0 Å². The average molecular weight is 295 g/mol. The molecule has 2 atom stereocenters. The van der Waals surface area contributed by atoms with E-state index in [0.29, 0.717) is 25.0 Å². The van der Waals surface area contributed by atoms with Gasteiger partial charge in [0.2, 0.25) is 5.91 Å². The number of nitrogens with one attached hydrogen (secondary N) is 2. The number of likely N-dealkylation sites (tertiary alicyclic amines) is 1. The summed E-state index contributed by atoms with van der Waals surface area (Å²) >= 11 is 0. The molecule has 0 aromatic carbocycles. The lowest BCUT2D eigenvalue weighted by molar-refractivity contribution is -0.122. The molecule has 0 spiro atoms. The van der Waals surface area contributed by atoms with Crippen LogP contribution in [0.25, 0.3) is 0 Å². The van der Waals surface area contributed by atoms with Gasteiger partial charge in [0.05, 0.1) is 6.54 Å². The first kappa shape index (κ1) is 16.3. The summed E-state index contributed by atoms with van der Waals surface area (Å²) in [4.78, 5) is 25.9. The van der Waals surface area contributed by atoms with E-state index in [9.17, 15) is 9.59 Å². The highest BCUT2D eigenvalue weighted by Gasteiger charge is 2.33. The Kier molecular flexibility index (Phi) is 6.03. The van der Waals surface area contributed by atoms with E-state index < -0.39 is 0 Å². The van der Waals surface area contributed by atoms with Crippen LogP contribution in [0.5, 0.6) is 0 Å². The van der Waals surface area contributed by atoms with Crippen molar-refractivity contribution in [2.24, 2.45) is 11.8 Å². The summed E-state index contributed by atoms with van der Waals surface area (Å²) in [6.07, 6.45) is 7.59. The predicted molar refractivity (Wildman–Crippen MR) is 82.9 cm³/mol. The van der Waals surface area contributed by atoms with E-state index in [1.54, 1.807) is 0 Å². The second kappa shape index (κ2) is 7.78. The molecule has 2 unspecified atom stereocenters. The first-order valence-corrected chi connectivity index (χ1v) is 8.38. The van der Waals surface area contributed by atoms with Crippen LogP contribution < -0.4 is 10.6 Å². The van der Waals surface area contributed by atoms with Crippen LogP contribution in [0.15, 0.2) is 0 Å². The highest BCUT2D eigenvalue weighted by atomic mass is 16.2. The van der Waals surface area contributed by atoms with E-state index in [2.05, 4.69) is 15.5 Å². The van der Waals surface area contributed by atoms with Gasteiger partial charge in [0.25, 0.3) is 0 Å². The summed E-state index contributed by atoms with van der Waals surface area (Å²) in [5, 5.41) is 5.16. The maximum Gasteiger partial charge on any atom is 0.321 e. The fourth-order valence-electron chi connectivity index (χ4n) is 3.62. The maximum absolute atomic E-state index is 12.0. The van der Waals surface area contributed by atoms with Crippen molar-refractivity contribution in [2.45, 2.75) is 58.4 Å². The van der Waals surface area contributed by atoms with Crippen molar-refractivity contribution in [3.05, 3.63) is 0 Å². The second-order valence-electron chi connectivity index (χ2n) is 6.88. The monoisotopic (exact) mass is 295 g/mol. The van der Waals surface area contributed by atoms with Crippen LogP contribution >= 0.6 is 0 Å². The Labute approximate surface area is 127 Å². The fourth-order valence-corrected chi connectivity index (χ4v) is 3.62. The number of hydrogen-bond acceptors (Lipinski definition) is 3. The van der Waals surface area contributed by atoms with Crippen molar-refractivity contribution >= 4 is 11.9 Å². The summed E-state index contributed by atoms with van der Waals surface area (Å²) in [5.41, 5.74) is 0. The Morgan fingerprint density at radius 1 is 1.14 bits per heavy atom. The van der Waals surface area contributed by atoms with Crippen molar-refractivity contribution < 1.29 is 9.59 Å². The molecule has 1 saturated carbocycles. The third-order valence-corrected chi connectivity index (χ3v) is 4.63. The molecule has 2 aliphatic rings. The number of piperidine rings is 1. The lowest BCUT2D eigenvalue weighted by atomic mass is 9.78. The summed E-state index contributed by atoms with van der Waals surface area (Å²) in [7, 11) is 0. The topological polar surface area (TPSA) is 61.4 Å². The van der Waals surface area contributed by atoms with E-state index in [1.807, 2.05) is 13.8 Å². The van der Waals surface area contributed by atoms with Crippen molar-refractivity contribution in [1.29, 1.82) is 0 Å². The minimum atomic E-state index is -0.370. The van der Waals surface area contributed by atoms with Gasteiger partial charge in [0.15, 0.2) is 0 Å².